The summed E-state index contributed by atoms with van der Waals surface area (Å²) < 4.78 is 14.2. The second kappa shape index (κ2) is 7.21. The highest BCUT2D eigenvalue weighted by Gasteiger charge is 2.15. The molecule has 0 amide bonds. The van der Waals surface area contributed by atoms with Gasteiger partial charge in [0, 0.05) is 22.0 Å². The summed E-state index contributed by atoms with van der Waals surface area (Å²) in [5, 5.41) is 3.93. The molecular formula is C16H16BrClFN. The SMILES string of the molecule is CNCC(Cc1cc(F)cc(Br)c1)c1ccccc1Cl. The van der Waals surface area contributed by atoms with Crippen LogP contribution < -0.4 is 5.32 Å². The summed E-state index contributed by atoms with van der Waals surface area (Å²) in [5.41, 5.74) is 2.04. The maximum atomic E-state index is 13.5. The van der Waals surface area contributed by atoms with E-state index >= 15 is 0 Å². The van der Waals surface area contributed by atoms with E-state index in [1.807, 2.05) is 37.4 Å². The lowest BCUT2D eigenvalue weighted by molar-refractivity contribution is 0.607. The molecular weight excluding hydrogens is 341 g/mol. The van der Waals surface area contributed by atoms with Gasteiger partial charge in [-0.05, 0) is 48.9 Å². The van der Waals surface area contributed by atoms with Crippen molar-refractivity contribution in [3.8, 4) is 0 Å². The molecule has 0 heterocycles. The minimum Gasteiger partial charge on any atom is -0.319 e. The van der Waals surface area contributed by atoms with E-state index in [0.29, 0.717) is 0 Å². The lowest BCUT2D eigenvalue weighted by atomic mass is 9.92. The molecule has 1 unspecified atom stereocenters. The Hall–Kier alpha value is -0.900. The fourth-order valence-electron chi connectivity index (χ4n) is 2.36. The van der Waals surface area contributed by atoms with E-state index in [1.54, 1.807) is 6.07 Å². The summed E-state index contributed by atoms with van der Waals surface area (Å²) in [5.74, 6) is -0.0147. The first kappa shape index (κ1) is 15.5. The van der Waals surface area contributed by atoms with Gasteiger partial charge in [-0.15, -0.1) is 0 Å². The Balaban J connectivity index is 2.28. The fraction of sp³-hybridized carbons (Fsp3) is 0.250. The fourth-order valence-corrected chi connectivity index (χ4v) is 3.16. The van der Waals surface area contributed by atoms with E-state index in [1.165, 1.54) is 6.07 Å². The molecule has 1 atom stereocenters. The minimum atomic E-state index is -0.225. The zero-order valence-corrected chi connectivity index (χ0v) is 13.5. The summed E-state index contributed by atoms with van der Waals surface area (Å²) in [6, 6.07) is 12.8. The predicted molar refractivity (Wildman–Crippen MR) is 85.9 cm³/mol. The Labute approximate surface area is 132 Å². The maximum Gasteiger partial charge on any atom is 0.124 e. The van der Waals surface area contributed by atoms with Crippen LogP contribution in [0.4, 0.5) is 4.39 Å². The van der Waals surface area contributed by atoms with Crippen LogP contribution in [0.3, 0.4) is 0 Å². The highest BCUT2D eigenvalue weighted by atomic mass is 79.9. The van der Waals surface area contributed by atoms with Crippen LogP contribution in [0, 0.1) is 5.82 Å². The van der Waals surface area contributed by atoms with Gasteiger partial charge in [0.15, 0.2) is 0 Å². The molecule has 0 radical (unpaired) electrons. The molecule has 0 aromatic heterocycles. The van der Waals surface area contributed by atoms with Gasteiger partial charge in [-0.25, -0.2) is 4.39 Å². The minimum absolute atomic E-state index is 0.211. The van der Waals surface area contributed by atoms with Gasteiger partial charge in [0.05, 0.1) is 0 Å². The summed E-state index contributed by atoms with van der Waals surface area (Å²) >= 11 is 9.60. The van der Waals surface area contributed by atoms with Crippen molar-refractivity contribution in [1.29, 1.82) is 0 Å². The molecule has 1 N–H and O–H groups in total. The molecule has 0 aliphatic carbocycles. The van der Waals surface area contributed by atoms with E-state index in [0.717, 1.165) is 33.6 Å². The number of likely N-dealkylation sites (N-methyl/N-ethyl adjacent to an activating group) is 1. The summed E-state index contributed by atoms with van der Waals surface area (Å²) in [6.45, 7) is 0.790. The molecule has 1 nitrogen and oxygen atoms in total. The van der Waals surface area contributed by atoms with Crippen molar-refractivity contribution < 1.29 is 4.39 Å². The Morgan fingerprint density at radius 2 is 2.00 bits per heavy atom. The van der Waals surface area contributed by atoms with E-state index in [-0.39, 0.29) is 11.7 Å². The van der Waals surface area contributed by atoms with Crippen molar-refractivity contribution >= 4 is 27.5 Å². The third kappa shape index (κ3) is 4.05. The van der Waals surface area contributed by atoms with Crippen LogP contribution in [0.5, 0.6) is 0 Å². The van der Waals surface area contributed by atoms with Crippen molar-refractivity contribution in [3.05, 3.63) is 68.9 Å². The molecule has 2 rings (SSSR count). The summed E-state index contributed by atoms with van der Waals surface area (Å²) in [6.07, 6.45) is 0.737. The Kier molecular flexibility index (Phi) is 5.58. The number of hydrogen-bond acceptors (Lipinski definition) is 1. The average molecular weight is 357 g/mol. The zero-order valence-electron chi connectivity index (χ0n) is 11.2. The van der Waals surface area contributed by atoms with Gasteiger partial charge in [0.25, 0.3) is 0 Å². The average Bonchev–Trinajstić information content (AvgIpc) is 2.37. The number of rotatable bonds is 5. The van der Waals surface area contributed by atoms with E-state index in [4.69, 9.17) is 11.6 Å². The summed E-state index contributed by atoms with van der Waals surface area (Å²) in [7, 11) is 1.91. The zero-order chi connectivity index (χ0) is 14.5. The first-order chi connectivity index (χ1) is 9.60. The molecule has 0 aliphatic heterocycles. The molecule has 4 heteroatoms. The van der Waals surface area contributed by atoms with Crippen LogP contribution >= 0.6 is 27.5 Å². The van der Waals surface area contributed by atoms with Crippen molar-refractivity contribution in [2.45, 2.75) is 12.3 Å². The largest absolute Gasteiger partial charge is 0.319 e. The number of halogens is 3. The molecule has 0 bridgehead atoms. The van der Waals surface area contributed by atoms with E-state index in [9.17, 15) is 4.39 Å². The van der Waals surface area contributed by atoms with Crippen LogP contribution in [0.25, 0.3) is 0 Å². The molecule has 2 aromatic carbocycles. The Morgan fingerprint density at radius 1 is 1.25 bits per heavy atom. The van der Waals surface area contributed by atoms with Crippen molar-refractivity contribution in [2.24, 2.45) is 0 Å². The smallest absolute Gasteiger partial charge is 0.124 e. The van der Waals surface area contributed by atoms with Gasteiger partial charge in [0.2, 0.25) is 0 Å². The van der Waals surface area contributed by atoms with Gasteiger partial charge in [-0.1, -0.05) is 45.7 Å². The molecule has 0 saturated carbocycles. The highest BCUT2D eigenvalue weighted by molar-refractivity contribution is 9.10. The normalized spacial score (nSPS) is 12.4. The monoisotopic (exact) mass is 355 g/mol. The van der Waals surface area contributed by atoms with Gasteiger partial charge in [-0.3, -0.25) is 0 Å². The van der Waals surface area contributed by atoms with E-state index < -0.39 is 0 Å². The second-order valence-electron chi connectivity index (χ2n) is 4.76. The lowest BCUT2D eigenvalue weighted by Gasteiger charge is -2.18. The third-order valence-corrected chi connectivity index (χ3v) is 4.00. The first-order valence-corrected chi connectivity index (χ1v) is 7.61. The molecule has 20 heavy (non-hydrogen) atoms. The topological polar surface area (TPSA) is 12.0 Å². The van der Waals surface area contributed by atoms with Crippen LogP contribution in [0.15, 0.2) is 46.9 Å². The predicted octanol–water partition coefficient (Wildman–Crippen LogP) is 4.79. The highest BCUT2D eigenvalue weighted by Crippen LogP contribution is 2.28. The quantitative estimate of drug-likeness (QED) is 0.812. The Morgan fingerprint density at radius 3 is 2.65 bits per heavy atom. The van der Waals surface area contributed by atoms with Crippen LogP contribution in [0.2, 0.25) is 5.02 Å². The van der Waals surface area contributed by atoms with Gasteiger partial charge < -0.3 is 5.32 Å². The summed E-state index contributed by atoms with van der Waals surface area (Å²) in [4.78, 5) is 0. The Bertz CT molecular complexity index is 568. The van der Waals surface area contributed by atoms with Crippen molar-refractivity contribution in [2.75, 3.05) is 13.6 Å². The number of nitrogens with one attached hydrogen (secondary N) is 1. The number of hydrogen-bond donors (Lipinski definition) is 1. The van der Waals surface area contributed by atoms with Crippen LogP contribution in [-0.4, -0.2) is 13.6 Å². The standard InChI is InChI=1S/C16H16BrClFN/c1-20-10-12(15-4-2-3-5-16(15)18)6-11-7-13(17)9-14(19)8-11/h2-5,7-9,12,20H,6,10H2,1H3. The van der Waals surface area contributed by atoms with Crippen molar-refractivity contribution in [3.63, 3.8) is 0 Å². The van der Waals surface area contributed by atoms with Gasteiger partial charge in [0.1, 0.15) is 5.82 Å². The van der Waals surface area contributed by atoms with Crippen LogP contribution in [-0.2, 0) is 6.42 Å². The molecule has 0 fully saturated rings. The molecule has 0 aliphatic rings. The molecule has 2 aromatic rings. The van der Waals surface area contributed by atoms with Gasteiger partial charge in [-0.2, -0.15) is 0 Å². The van der Waals surface area contributed by atoms with E-state index in [2.05, 4.69) is 21.2 Å². The number of benzene rings is 2. The first-order valence-electron chi connectivity index (χ1n) is 6.44. The molecule has 0 saturated heterocycles. The maximum absolute atomic E-state index is 13.5. The van der Waals surface area contributed by atoms with Crippen LogP contribution in [0.1, 0.15) is 17.0 Å². The second-order valence-corrected chi connectivity index (χ2v) is 6.08. The molecule has 106 valence electrons. The third-order valence-electron chi connectivity index (χ3n) is 3.20. The van der Waals surface area contributed by atoms with Crippen molar-refractivity contribution in [1.82, 2.24) is 5.32 Å². The van der Waals surface area contributed by atoms with Gasteiger partial charge >= 0.3 is 0 Å². The lowest BCUT2D eigenvalue weighted by Crippen LogP contribution is -2.19. The molecule has 0 spiro atoms.